The van der Waals surface area contributed by atoms with Gasteiger partial charge in [-0.05, 0) is 48.0 Å². The first-order valence-electron chi connectivity index (χ1n) is 8.32. The first kappa shape index (κ1) is 20.4. The Kier molecular flexibility index (Phi) is 5.88. The number of carbonyl (C=O) groups is 1. The minimum atomic E-state index is -0.773. The van der Waals surface area contributed by atoms with Crippen LogP contribution < -0.4 is 10.6 Å². The Balaban J connectivity index is 2.09. The summed E-state index contributed by atoms with van der Waals surface area (Å²) in [6.45, 7) is 1.32. The normalized spacial score (nSPS) is 10.5. The number of carbonyl (C=O) groups excluding carboxylic acids is 1. The van der Waals surface area contributed by atoms with Crippen molar-refractivity contribution in [3.63, 3.8) is 0 Å². The summed E-state index contributed by atoms with van der Waals surface area (Å²) < 4.78 is 28.1. The van der Waals surface area contributed by atoms with Crippen LogP contribution in [0.2, 0.25) is 0 Å². The van der Waals surface area contributed by atoms with Gasteiger partial charge in [-0.3, -0.25) is 14.9 Å². The van der Waals surface area contributed by atoms with Crippen LogP contribution >= 0.6 is 15.9 Å². The zero-order chi connectivity index (χ0) is 21.1. The van der Waals surface area contributed by atoms with Gasteiger partial charge in [0.2, 0.25) is 5.91 Å². The van der Waals surface area contributed by atoms with E-state index in [0.717, 1.165) is 12.1 Å². The molecule has 148 valence electrons. The first-order valence-corrected chi connectivity index (χ1v) is 9.11. The number of hydrogen-bond donors (Lipinski definition) is 2. The molecule has 1 amide bonds. The maximum absolute atomic E-state index is 14.3. The Bertz CT molecular complexity index is 1120. The molecule has 9 heteroatoms. The van der Waals surface area contributed by atoms with Gasteiger partial charge in [0.15, 0.2) is 0 Å². The van der Waals surface area contributed by atoms with E-state index in [4.69, 9.17) is 0 Å². The van der Waals surface area contributed by atoms with Crippen molar-refractivity contribution in [2.75, 3.05) is 10.6 Å². The van der Waals surface area contributed by atoms with E-state index < -0.39 is 16.6 Å². The lowest BCUT2D eigenvalue weighted by molar-refractivity contribution is -0.384. The third-order valence-electron chi connectivity index (χ3n) is 3.93. The fraction of sp³-hybridized carbons (Fsp3) is 0.0500. The largest absolute Gasteiger partial charge is 0.350 e. The highest BCUT2D eigenvalue weighted by Crippen LogP contribution is 2.34. The van der Waals surface area contributed by atoms with Crippen LogP contribution in [0.5, 0.6) is 0 Å². The predicted octanol–water partition coefficient (Wildman–Crippen LogP) is 6.00. The van der Waals surface area contributed by atoms with Gasteiger partial charge in [-0.2, -0.15) is 0 Å². The van der Waals surface area contributed by atoms with Crippen LogP contribution in [0.4, 0.5) is 31.5 Å². The molecular weight excluding hydrogens is 448 g/mol. The van der Waals surface area contributed by atoms with Gasteiger partial charge in [0, 0.05) is 40.5 Å². The molecule has 0 spiro atoms. The molecule has 0 unspecified atom stereocenters. The Morgan fingerprint density at radius 2 is 1.76 bits per heavy atom. The van der Waals surface area contributed by atoms with Crippen LogP contribution in [0, 0.1) is 21.7 Å². The van der Waals surface area contributed by atoms with E-state index >= 15 is 0 Å². The van der Waals surface area contributed by atoms with Crippen molar-refractivity contribution in [2.24, 2.45) is 0 Å². The van der Waals surface area contributed by atoms with E-state index in [9.17, 15) is 23.7 Å². The lowest BCUT2D eigenvalue weighted by Gasteiger charge is -2.13. The molecular formula is C20H14BrF2N3O3. The van der Waals surface area contributed by atoms with Crippen molar-refractivity contribution in [3.8, 4) is 11.1 Å². The van der Waals surface area contributed by atoms with Gasteiger partial charge in [0.05, 0.1) is 4.92 Å². The number of nitrogens with zero attached hydrogens (tertiary/aromatic N) is 1. The molecule has 0 saturated heterocycles. The second-order valence-corrected chi connectivity index (χ2v) is 7.06. The van der Waals surface area contributed by atoms with Crippen LogP contribution in [0.25, 0.3) is 11.1 Å². The molecule has 0 aliphatic carbocycles. The summed E-state index contributed by atoms with van der Waals surface area (Å²) in [7, 11) is 0. The molecule has 0 atom stereocenters. The molecule has 0 bridgehead atoms. The number of nitro groups is 1. The van der Waals surface area contributed by atoms with Gasteiger partial charge in [-0.25, -0.2) is 8.78 Å². The average Bonchev–Trinajstić information content (AvgIpc) is 2.62. The second kappa shape index (κ2) is 8.36. The van der Waals surface area contributed by atoms with Gasteiger partial charge in [0.1, 0.15) is 17.3 Å². The SMILES string of the molecule is CC(=O)Nc1cc(Nc2ccc(Br)cc2[N+](=O)[O-])cc(-c2ccc(F)cc2F)c1. The van der Waals surface area contributed by atoms with E-state index in [-0.39, 0.29) is 22.8 Å². The lowest BCUT2D eigenvalue weighted by Crippen LogP contribution is -2.06. The number of benzene rings is 3. The van der Waals surface area contributed by atoms with Crippen molar-refractivity contribution in [3.05, 3.63) is 80.8 Å². The van der Waals surface area contributed by atoms with Crippen LogP contribution in [0.3, 0.4) is 0 Å². The Morgan fingerprint density at radius 1 is 1.03 bits per heavy atom. The fourth-order valence-corrected chi connectivity index (χ4v) is 3.12. The molecule has 3 aromatic rings. The molecule has 0 radical (unpaired) electrons. The maximum atomic E-state index is 14.3. The molecule has 6 nitrogen and oxygen atoms in total. The fourth-order valence-electron chi connectivity index (χ4n) is 2.77. The quantitative estimate of drug-likeness (QED) is 0.360. The standard InChI is InChI=1S/C20H14BrF2N3O3/c1-11(27)24-15-6-12(17-4-3-14(22)9-18(17)23)7-16(10-15)25-19-5-2-13(21)8-20(19)26(28)29/h2-10,25H,1H3,(H,24,27). The van der Waals surface area contributed by atoms with Crippen molar-refractivity contribution >= 4 is 44.6 Å². The van der Waals surface area contributed by atoms with E-state index in [0.29, 0.717) is 21.4 Å². The third-order valence-corrected chi connectivity index (χ3v) is 4.42. The zero-order valence-corrected chi connectivity index (χ0v) is 16.6. The van der Waals surface area contributed by atoms with Gasteiger partial charge >= 0.3 is 0 Å². The van der Waals surface area contributed by atoms with E-state index in [1.54, 1.807) is 18.2 Å². The summed E-state index contributed by atoms with van der Waals surface area (Å²) in [5, 5.41) is 16.9. The Hall–Kier alpha value is -3.33. The first-order chi connectivity index (χ1) is 13.7. The lowest BCUT2D eigenvalue weighted by atomic mass is 10.0. The van der Waals surface area contributed by atoms with Crippen LogP contribution in [0.15, 0.2) is 59.1 Å². The summed E-state index contributed by atoms with van der Waals surface area (Å²) in [6, 6.07) is 12.3. The molecule has 2 N–H and O–H groups in total. The number of nitrogens with one attached hydrogen (secondary N) is 2. The van der Waals surface area contributed by atoms with E-state index in [1.807, 2.05) is 0 Å². The second-order valence-electron chi connectivity index (χ2n) is 6.15. The molecule has 29 heavy (non-hydrogen) atoms. The summed E-state index contributed by atoms with van der Waals surface area (Å²) in [5.41, 5.74) is 1.24. The minimum absolute atomic E-state index is 0.118. The van der Waals surface area contributed by atoms with Crippen LogP contribution in [0.1, 0.15) is 6.92 Å². The number of amides is 1. The minimum Gasteiger partial charge on any atom is -0.350 e. The van der Waals surface area contributed by atoms with Crippen LogP contribution in [-0.2, 0) is 4.79 Å². The van der Waals surface area contributed by atoms with Crippen LogP contribution in [-0.4, -0.2) is 10.8 Å². The topological polar surface area (TPSA) is 84.3 Å². The monoisotopic (exact) mass is 461 g/mol. The van der Waals surface area contributed by atoms with Gasteiger partial charge in [-0.15, -0.1) is 0 Å². The number of halogens is 3. The third kappa shape index (κ3) is 4.94. The summed E-state index contributed by atoms with van der Waals surface area (Å²) in [5.74, 6) is -1.83. The molecule has 0 fully saturated rings. The number of hydrogen-bond acceptors (Lipinski definition) is 4. The summed E-state index contributed by atoms with van der Waals surface area (Å²) in [4.78, 5) is 22.3. The molecule has 0 aliphatic rings. The Labute approximate surface area is 172 Å². The van der Waals surface area contributed by atoms with Crippen molar-refractivity contribution < 1.29 is 18.5 Å². The highest BCUT2D eigenvalue weighted by Gasteiger charge is 2.16. The predicted molar refractivity (Wildman–Crippen MR) is 110 cm³/mol. The Morgan fingerprint density at radius 3 is 2.41 bits per heavy atom. The molecule has 0 aromatic heterocycles. The summed E-state index contributed by atoms with van der Waals surface area (Å²) >= 11 is 3.19. The van der Waals surface area contributed by atoms with E-state index in [2.05, 4.69) is 26.6 Å². The summed E-state index contributed by atoms with van der Waals surface area (Å²) in [6.07, 6.45) is 0. The van der Waals surface area contributed by atoms with Crippen molar-refractivity contribution in [1.82, 2.24) is 0 Å². The number of anilines is 3. The molecule has 0 heterocycles. The zero-order valence-electron chi connectivity index (χ0n) is 15.0. The molecule has 3 rings (SSSR count). The van der Waals surface area contributed by atoms with Gasteiger partial charge < -0.3 is 10.6 Å². The smallest absolute Gasteiger partial charge is 0.293 e. The highest BCUT2D eigenvalue weighted by molar-refractivity contribution is 9.10. The molecule has 0 saturated carbocycles. The molecule has 3 aromatic carbocycles. The van der Waals surface area contributed by atoms with Crippen molar-refractivity contribution in [2.45, 2.75) is 6.92 Å². The van der Waals surface area contributed by atoms with Gasteiger partial charge in [0.25, 0.3) is 5.69 Å². The maximum Gasteiger partial charge on any atom is 0.293 e. The average molecular weight is 462 g/mol. The number of nitro benzene ring substituents is 1. The number of rotatable bonds is 5. The molecule has 0 aliphatic heterocycles. The van der Waals surface area contributed by atoms with Crippen molar-refractivity contribution in [1.29, 1.82) is 0 Å². The van der Waals surface area contributed by atoms with Gasteiger partial charge in [-0.1, -0.05) is 15.9 Å². The highest BCUT2D eigenvalue weighted by atomic mass is 79.9. The van der Waals surface area contributed by atoms with E-state index in [1.165, 1.54) is 31.2 Å².